The zero-order chi connectivity index (χ0) is 16.1. The minimum Gasteiger partial charge on any atom is -0.504 e. The largest absolute Gasteiger partial charge is 0.504 e. The van der Waals surface area contributed by atoms with Crippen LogP contribution in [0.4, 0.5) is 5.82 Å². The number of amides is 1. The first-order valence-corrected chi connectivity index (χ1v) is 7.93. The van der Waals surface area contributed by atoms with Gasteiger partial charge in [0.25, 0.3) is 5.91 Å². The fraction of sp³-hybridized carbons (Fsp3) is 0.0588. The highest BCUT2D eigenvalue weighted by atomic mass is 32.2. The van der Waals surface area contributed by atoms with E-state index in [1.165, 1.54) is 12.3 Å². The molecule has 2 aromatic heterocycles. The average Bonchev–Trinajstić information content (AvgIpc) is 3.05. The zero-order valence-corrected chi connectivity index (χ0v) is 12.9. The summed E-state index contributed by atoms with van der Waals surface area (Å²) >= 11 is 1.63. The minimum atomic E-state index is -0.449. The van der Waals surface area contributed by atoms with Crippen LogP contribution in [0.25, 0.3) is 0 Å². The third-order valence-corrected chi connectivity index (χ3v) is 4.06. The van der Waals surface area contributed by atoms with Crippen LogP contribution < -0.4 is 5.32 Å². The highest BCUT2D eigenvalue weighted by Crippen LogP contribution is 2.24. The lowest BCUT2D eigenvalue weighted by Gasteiger charge is -2.03. The van der Waals surface area contributed by atoms with Gasteiger partial charge in [0.05, 0.1) is 5.75 Å². The molecule has 0 aliphatic rings. The Balaban J connectivity index is 1.62. The fourth-order valence-corrected chi connectivity index (χ4v) is 2.72. The van der Waals surface area contributed by atoms with Gasteiger partial charge in [-0.2, -0.15) is 0 Å². The number of nitrogens with one attached hydrogen (secondary N) is 1. The molecular formula is C17H14N2O3S. The number of furan rings is 1. The molecule has 0 radical (unpaired) electrons. The number of benzene rings is 1. The summed E-state index contributed by atoms with van der Waals surface area (Å²) in [5, 5.41) is 12.1. The van der Waals surface area contributed by atoms with E-state index < -0.39 is 5.91 Å². The lowest BCUT2D eigenvalue weighted by Crippen LogP contribution is -2.12. The number of hydrogen-bond donors (Lipinski definition) is 2. The van der Waals surface area contributed by atoms with E-state index in [4.69, 9.17) is 4.42 Å². The molecule has 6 heteroatoms. The molecule has 23 heavy (non-hydrogen) atoms. The molecule has 0 unspecified atom stereocenters. The molecule has 3 aromatic rings. The van der Waals surface area contributed by atoms with Gasteiger partial charge in [-0.25, -0.2) is 4.98 Å². The van der Waals surface area contributed by atoms with Crippen molar-refractivity contribution in [3.05, 3.63) is 72.3 Å². The molecular weight excluding hydrogens is 312 g/mol. The second-order valence-electron chi connectivity index (χ2n) is 4.69. The minimum absolute atomic E-state index is 0.0905. The summed E-state index contributed by atoms with van der Waals surface area (Å²) in [6.45, 7) is 0. The predicted molar refractivity (Wildman–Crippen MR) is 88.6 cm³/mol. The zero-order valence-electron chi connectivity index (χ0n) is 12.1. The molecule has 3 rings (SSSR count). The van der Waals surface area contributed by atoms with Gasteiger partial charge in [0.15, 0.2) is 17.3 Å². The van der Waals surface area contributed by atoms with Crippen molar-refractivity contribution in [1.29, 1.82) is 0 Å². The van der Waals surface area contributed by atoms with E-state index in [0.717, 1.165) is 4.90 Å². The van der Waals surface area contributed by atoms with Crippen LogP contribution in [0, 0.1) is 0 Å². The summed E-state index contributed by atoms with van der Waals surface area (Å²) in [6.07, 6.45) is 1.49. The van der Waals surface area contributed by atoms with Crippen LogP contribution in [0.2, 0.25) is 0 Å². The number of carbonyl (C=O) groups is 1. The van der Waals surface area contributed by atoms with E-state index >= 15 is 0 Å². The highest BCUT2D eigenvalue weighted by Gasteiger charge is 2.14. The molecule has 0 spiro atoms. The Bertz CT molecular complexity index is 802. The van der Waals surface area contributed by atoms with Crippen LogP contribution in [0.15, 0.2) is 70.1 Å². The van der Waals surface area contributed by atoms with Gasteiger partial charge < -0.3 is 14.8 Å². The van der Waals surface area contributed by atoms with Crippen molar-refractivity contribution in [3.63, 3.8) is 0 Å². The van der Waals surface area contributed by atoms with Gasteiger partial charge in [0, 0.05) is 11.1 Å². The Kier molecular flexibility index (Phi) is 4.63. The van der Waals surface area contributed by atoms with E-state index in [1.54, 1.807) is 30.0 Å². The Morgan fingerprint density at radius 1 is 1.13 bits per heavy atom. The lowest BCUT2D eigenvalue weighted by molar-refractivity contribution is 0.0994. The summed E-state index contributed by atoms with van der Waals surface area (Å²) < 4.78 is 5.54. The van der Waals surface area contributed by atoms with Crippen molar-refractivity contribution in [2.24, 2.45) is 0 Å². The molecule has 1 amide bonds. The first-order valence-electron chi connectivity index (χ1n) is 6.94. The van der Waals surface area contributed by atoms with Crippen LogP contribution in [-0.2, 0) is 5.75 Å². The third-order valence-electron chi connectivity index (χ3n) is 3.03. The Hall–Kier alpha value is -2.73. The number of rotatable bonds is 5. The van der Waals surface area contributed by atoms with Gasteiger partial charge in [-0.1, -0.05) is 18.2 Å². The van der Waals surface area contributed by atoms with Crippen molar-refractivity contribution in [2.45, 2.75) is 10.6 Å². The van der Waals surface area contributed by atoms with E-state index in [0.29, 0.717) is 11.5 Å². The monoisotopic (exact) mass is 326 g/mol. The maximum Gasteiger partial charge on any atom is 0.292 e. The van der Waals surface area contributed by atoms with Crippen molar-refractivity contribution < 1.29 is 14.3 Å². The van der Waals surface area contributed by atoms with Gasteiger partial charge in [-0.05, 0) is 36.4 Å². The standard InChI is InChI=1S/C17H14N2O3S/c20-14-7-4-10-18-16(14)19-17(21)15-9-8-12(22-15)11-23-13-5-2-1-3-6-13/h1-10,20H,11H2,(H,18,19,21). The summed E-state index contributed by atoms with van der Waals surface area (Å²) in [5.41, 5.74) is 0. The van der Waals surface area contributed by atoms with E-state index in [2.05, 4.69) is 10.3 Å². The lowest BCUT2D eigenvalue weighted by atomic mass is 10.4. The maximum atomic E-state index is 12.1. The molecule has 1 aromatic carbocycles. The SMILES string of the molecule is O=C(Nc1ncccc1O)c1ccc(CSc2ccccc2)o1. The predicted octanol–water partition coefficient (Wildman–Crippen LogP) is 3.92. The first kappa shape index (κ1) is 15.2. The molecule has 2 N–H and O–H groups in total. The van der Waals surface area contributed by atoms with Crippen molar-refractivity contribution >= 4 is 23.5 Å². The van der Waals surface area contributed by atoms with Crippen LogP contribution in [0.1, 0.15) is 16.3 Å². The number of pyridine rings is 1. The second-order valence-corrected chi connectivity index (χ2v) is 5.74. The third kappa shape index (κ3) is 3.92. The molecule has 2 heterocycles. The molecule has 0 aliphatic heterocycles. The van der Waals surface area contributed by atoms with Crippen molar-refractivity contribution in [3.8, 4) is 5.75 Å². The fourth-order valence-electron chi connectivity index (χ4n) is 1.91. The summed E-state index contributed by atoms with van der Waals surface area (Å²) in [5.74, 6) is 1.08. The number of aromatic nitrogens is 1. The maximum absolute atomic E-state index is 12.1. The van der Waals surface area contributed by atoms with Crippen molar-refractivity contribution in [2.75, 3.05) is 5.32 Å². The number of anilines is 1. The number of nitrogens with zero attached hydrogens (tertiary/aromatic N) is 1. The van der Waals surface area contributed by atoms with Gasteiger partial charge in [-0.3, -0.25) is 4.79 Å². The number of carbonyl (C=O) groups excluding carboxylic acids is 1. The summed E-state index contributed by atoms with van der Waals surface area (Å²) in [6, 6.07) is 16.4. The molecule has 0 saturated carbocycles. The molecule has 0 bridgehead atoms. The van der Waals surface area contributed by atoms with Crippen LogP contribution >= 0.6 is 11.8 Å². The summed E-state index contributed by atoms with van der Waals surface area (Å²) in [4.78, 5) is 17.1. The topological polar surface area (TPSA) is 75.4 Å². The van der Waals surface area contributed by atoms with Crippen LogP contribution in [-0.4, -0.2) is 16.0 Å². The quantitative estimate of drug-likeness (QED) is 0.695. The normalized spacial score (nSPS) is 10.4. The molecule has 0 atom stereocenters. The first-order chi connectivity index (χ1) is 11.2. The Labute approximate surface area is 137 Å². The highest BCUT2D eigenvalue weighted by molar-refractivity contribution is 7.98. The second kappa shape index (κ2) is 7.02. The Morgan fingerprint density at radius 2 is 1.96 bits per heavy atom. The van der Waals surface area contributed by atoms with Crippen molar-refractivity contribution in [1.82, 2.24) is 4.98 Å². The van der Waals surface area contributed by atoms with Gasteiger partial charge in [-0.15, -0.1) is 11.8 Å². The van der Waals surface area contributed by atoms with E-state index in [1.807, 2.05) is 30.3 Å². The average molecular weight is 326 g/mol. The molecule has 5 nitrogen and oxygen atoms in total. The van der Waals surface area contributed by atoms with E-state index in [9.17, 15) is 9.90 Å². The number of hydrogen-bond acceptors (Lipinski definition) is 5. The molecule has 116 valence electrons. The van der Waals surface area contributed by atoms with Gasteiger partial charge >= 0.3 is 0 Å². The van der Waals surface area contributed by atoms with Crippen LogP contribution in [0.5, 0.6) is 5.75 Å². The van der Waals surface area contributed by atoms with Gasteiger partial charge in [0.1, 0.15) is 5.76 Å². The Morgan fingerprint density at radius 3 is 2.74 bits per heavy atom. The summed E-state index contributed by atoms with van der Waals surface area (Å²) in [7, 11) is 0. The molecule has 0 fully saturated rings. The molecule has 0 aliphatic carbocycles. The van der Waals surface area contributed by atoms with Gasteiger partial charge in [0.2, 0.25) is 0 Å². The number of thioether (sulfide) groups is 1. The number of aromatic hydroxyl groups is 1. The van der Waals surface area contributed by atoms with Crippen LogP contribution in [0.3, 0.4) is 0 Å². The molecule has 0 saturated heterocycles. The smallest absolute Gasteiger partial charge is 0.292 e. The van der Waals surface area contributed by atoms with E-state index in [-0.39, 0.29) is 17.3 Å².